The quantitative estimate of drug-likeness (QED) is 0.913. The Morgan fingerprint density at radius 1 is 1.45 bits per heavy atom. The molecule has 0 atom stereocenters. The van der Waals surface area contributed by atoms with Gasteiger partial charge in [-0.15, -0.1) is 0 Å². The van der Waals surface area contributed by atoms with Crippen LogP contribution in [0.25, 0.3) is 0 Å². The van der Waals surface area contributed by atoms with Crippen molar-refractivity contribution in [1.82, 2.24) is 4.90 Å². The molecule has 1 heterocycles. The van der Waals surface area contributed by atoms with Crippen molar-refractivity contribution in [3.05, 3.63) is 29.6 Å². The van der Waals surface area contributed by atoms with Crippen LogP contribution in [0.2, 0.25) is 0 Å². The van der Waals surface area contributed by atoms with Gasteiger partial charge < -0.3 is 15.4 Å². The highest BCUT2D eigenvalue weighted by Gasteiger charge is 2.20. The molecule has 110 valence electrons. The molecule has 1 fully saturated rings. The zero-order valence-electron chi connectivity index (χ0n) is 11.8. The van der Waals surface area contributed by atoms with Crippen LogP contribution >= 0.6 is 0 Å². The number of methoxy groups -OCH3 is 1. The molecule has 0 unspecified atom stereocenters. The number of hydrogen-bond acceptors (Lipinski definition) is 3. The molecule has 20 heavy (non-hydrogen) atoms. The number of carbonyl (C=O) groups is 1. The number of amides is 1. The van der Waals surface area contributed by atoms with E-state index in [0.29, 0.717) is 12.8 Å². The van der Waals surface area contributed by atoms with Gasteiger partial charge in [0.15, 0.2) is 11.6 Å². The van der Waals surface area contributed by atoms with Crippen molar-refractivity contribution in [3.63, 3.8) is 0 Å². The third kappa shape index (κ3) is 3.70. The fourth-order valence-corrected chi connectivity index (χ4v) is 2.42. The number of nitrogens with two attached hydrogens (primary N) is 1. The average Bonchev–Trinajstić information content (AvgIpc) is 2.45. The van der Waals surface area contributed by atoms with Crippen molar-refractivity contribution in [1.29, 1.82) is 0 Å². The third-order valence-electron chi connectivity index (χ3n) is 3.74. The van der Waals surface area contributed by atoms with Crippen LogP contribution in [0.15, 0.2) is 18.2 Å². The highest BCUT2D eigenvalue weighted by Crippen LogP contribution is 2.19. The molecular weight excluding hydrogens is 259 g/mol. The lowest BCUT2D eigenvalue weighted by molar-refractivity contribution is -0.132. The number of hydrogen-bond donors (Lipinski definition) is 1. The van der Waals surface area contributed by atoms with Gasteiger partial charge in [0.1, 0.15) is 0 Å². The van der Waals surface area contributed by atoms with Gasteiger partial charge in [0.2, 0.25) is 5.91 Å². The first kappa shape index (κ1) is 14.8. The summed E-state index contributed by atoms with van der Waals surface area (Å²) in [6.45, 7) is 1.47. The molecule has 0 saturated carbocycles. The standard InChI is InChI=1S/C15H21FN2O2/c1-20-14-4-2-11(10-13(14)16)3-5-15(19)18-8-6-12(17)7-9-18/h2,4,10,12H,3,5-9,17H2,1H3. The van der Waals surface area contributed by atoms with E-state index in [2.05, 4.69) is 0 Å². The number of carbonyl (C=O) groups excluding carboxylic acids is 1. The first-order valence-corrected chi connectivity index (χ1v) is 6.96. The molecule has 1 amide bonds. The van der Waals surface area contributed by atoms with Gasteiger partial charge in [0.05, 0.1) is 7.11 Å². The minimum atomic E-state index is -0.388. The van der Waals surface area contributed by atoms with E-state index in [1.807, 2.05) is 4.90 Å². The Bertz CT molecular complexity index is 471. The third-order valence-corrected chi connectivity index (χ3v) is 3.74. The first-order chi connectivity index (χ1) is 9.60. The van der Waals surface area contributed by atoms with E-state index < -0.39 is 0 Å². The van der Waals surface area contributed by atoms with Crippen molar-refractivity contribution in [2.45, 2.75) is 31.7 Å². The number of piperidine rings is 1. The molecule has 0 radical (unpaired) electrons. The molecule has 2 N–H and O–H groups in total. The summed E-state index contributed by atoms with van der Waals surface area (Å²) < 4.78 is 18.4. The van der Waals surface area contributed by atoms with Gasteiger partial charge >= 0.3 is 0 Å². The minimum absolute atomic E-state index is 0.119. The van der Waals surface area contributed by atoms with Gasteiger partial charge in [0, 0.05) is 25.6 Å². The van der Waals surface area contributed by atoms with Crippen LogP contribution in [0.1, 0.15) is 24.8 Å². The number of halogens is 1. The van der Waals surface area contributed by atoms with E-state index in [4.69, 9.17) is 10.5 Å². The van der Waals surface area contributed by atoms with Crippen LogP contribution < -0.4 is 10.5 Å². The molecule has 2 rings (SSSR count). The van der Waals surface area contributed by atoms with E-state index in [-0.39, 0.29) is 23.5 Å². The number of rotatable bonds is 4. The Labute approximate surface area is 118 Å². The van der Waals surface area contributed by atoms with Crippen LogP contribution in [0.5, 0.6) is 5.75 Å². The summed E-state index contributed by atoms with van der Waals surface area (Å²) in [6.07, 6.45) is 2.68. The van der Waals surface area contributed by atoms with Crippen molar-refractivity contribution in [3.8, 4) is 5.75 Å². The predicted octanol–water partition coefficient (Wildman–Crippen LogP) is 1.72. The fraction of sp³-hybridized carbons (Fsp3) is 0.533. The van der Waals surface area contributed by atoms with Gasteiger partial charge in [-0.1, -0.05) is 6.07 Å². The fourth-order valence-electron chi connectivity index (χ4n) is 2.42. The van der Waals surface area contributed by atoms with Gasteiger partial charge in [0.25, 0.3) is 0 Å². The highest BCUT2D eigenvalue weighted by molar-refractivity contribution is 5.76. The summed E-state index contributed by atoms with van der Waals surface area (Å²) in [4.78, 5) is 13.9. The minimum Gasteiger partial charge on any atom is -0.494 e. The van der Waals surface area contributed by atoms with Gasteiger partial charge in [-0.2, -0.15) is 0 Å². The number of ether oxygens (including phenoxy) is 1. The van der Waals surface area contributed by atoms with E-state index in [9.17, 15) is 9.18 Å². The zero-order chi connectivity index (χ0) is 14.5. The monoisotopic (exact) mass is 280 g/mol. The Balaban J connectivity index is 1.85. The van der Waals surface area contributed by atoms with E-state index in [1.54, 1.807) is 12.1 Å². The molecule has 0 bridgehead atoms. The normalized spacial score (nSPS) is 16.2. The lowest BCUT2D eigenvalue weighted by atomic mass is 10.0. The summed E-state index contributed by atoms with van der Waals surface area (Å²) in [7, 11) is 1.43. The number of likely N-dealkylation sites (tertiary alicyclic amines) is 1. The summed E-state index contributed by atoms with van der Waals surface area (Å²) in [5.74, 6) is -0.0420. The van der Waals surface area contributed by atoms with Gasteiger partial charge in [-0.25, -0.2) is 4.39 Å². The lowest BCUT2D eigenvalue weighted by Gasteiger charge is -2.30. The lowest BCUT2D eigenvalue weighted by Crippen LogP contribution is -2.42. The van der Waals surface area contributed by atoms with Crippen molar-refractivity contribution >= 4 is 5.91 Å². The summed E-state index contributed by atoms with van der Waals surface area (Å²) in [6, 6.07) is 5.03. The van der Waals surface area contributed by atoms with Crippen LogP contribution in [-0.2, 0) is 11.2 Å². The SMILES string of the molecule is COc1ccc(CCC(=O)N2CCC(N)CC2)cc1F. The molecule has 1 aliphatic heterocycles. The molecule has 0 spiro atoms. The molecule has 4 nitrogen and oxygen atoms in total. The van der Waals surface area contributed by atoms with Crippen LogP contribution in [-0.4, -0.2) is 37.0 Å². The van der Waals surface area contributed by atoms with Crippen molar-refractivity contribution in [2.24, 2.45) is 5.73 Å². The molecule has 1 aromatic rings. The Kier molecular flexibility index (Phi) is 4.95. The van der Waals surface area contributed by atoms with E-state index >= 15 is 0 Å². The second kappa shape index (κ2) is 6.70. The van der Waals surface area contributed by atoms with Gasteiger partial charge in [-0.3, -0.25) is 4.79 Å². The molecular formula is C15H21FN2O2. The Hall–Kier alpha value is -1.62. The summed E-state index contributed by atoms with van der Waals surface area (Å²) >= 11 is 0. The molecule has 5 heteroatoms. The van der Waals surface area contributed by atoms with E-state index in [1.165, 1.54) is 13.2 Å². The molecule has 0 aliphatic carbocycles. The Morgan fingerprint density at radius 3 is 2.75 bits per heavy atom. The topological polar surface area (TPSA) is 55.6 Å². The predicted molar refractivity (Wildman–Crippen MR) is 75.1 cm³/mol. The second-order valence-corrected chi connectivity index (χ2v) is 5.19. The molecule has 1 aromatic carbocycles. The average molecular weight is 280 g/mol. The summed E-state index contributed by atoms with van der Waals surface area (Å²) in [5, 5.41) is 0. The number of aryl methyl sites for hydroxylation is 1. The molecule has 0 aromatic heterocycles. The maximum absolute atomic E-state index is 13.5. The number of nitrogens with zero attached hydrogens (tertiary/aromatic N) is 1. The Morgan fingerprint density at radius 2 is 2.15 bits per heavy atom. The van der Waals surface area contributed by atoms with Crippen molar-refractivity contribution < 1.29 is 13.9 Å². The number of benzene rings is 1. The van der Waals surface area contributed by atoms with E-state index in [0.717, 1.165) is 31.5 Å². The smallest absolute Gasteiger partial charge is 0.222 e. The van der Waals surface area contributed by atoms with Crippen LogP contribution in [0.3, 0.4) is 0 Å². The largest absolute Gasteiger partial charge is 0.494 e. The molecule has 1 saturated heterocycles. The second-order valence-electron chi connectivity index (χ2n) is 5.19. The van der Waals surface area contributed by atoms with Gasteiger partial charge in [-0.05, 0) is 37.0 Å². The summed E-state index contributed by atoms with van der Waals surface area (Å²) in [5.41, 5.74) is 6.63. The highest BCUT2D eigenvalue weighted by atomic mass is 19.1. The maximum Gasteiger partial charge on any atom is 0.222 e. The maximum atomic E-state index is 13.5. The first-order valence-electron chi connectivity index (χ1n) is 6.96. The van der Waals surface area contributed by atoms with Crippen LogP contribution in [0, 0.1) is 5.82 Å². The molecule has 1 aliphatic rings. The van der Waals surface area contributed by atoms with Crippen LogP contribution in [0.4, 0.5) is 4.39 Å². The zero-order valence-corrected chi connectivity index (χ0v) is 11.8. The van der Waals surface area contributed by atoms with Crippen molar-refractivity contribution in [2.75, 3.05) is 20.2 Å².